The smallest absolute Gasteiger partial charge is 0.303 e. The first-order valence-electron chi connectivity index (χ1n) is 6.12. The van der Waals surface area contributed by atoms with Crippen molar-refractivity contribution in [2.24, 2.45) is 0 Å². The molecule has 0 saturated carbocycles. The summed E-state index contributed by atoms with van der Waals surface area (Å²) in [5.74, 6) is -0.984. The van der Waals surface area contributed by atoms with Crippen LogP contribution in [-0.2, 0) is 16.0 Å². The average Bonchev–Trinajstić information content (AvgIpc) is 2.30. The van der Waals surface area contributed by atoms with Crippen LogP contribution in [-0.4, -0.2) is 23.0 Å². The minimum Gasteiger partial charge on any atom is -0.481 e. The van der Waals surface area contributed by atoms with Crippen LogP contribution in [0.2, 0.25) is 0 Å². The van der Waals surface area contributed by atoms with E-state index in [4.69, 9.17) is 5.11 Å². The molecule has 0 aromatic heterocycles. The molecule has 1 aromatic rings. The molecule has 1 atom stereocenters. The van der Waals surface area contributed by atoms with Gasteiger partial charge in [0.2, 0.25) is 5.91 Å². The quantitative estimate of drug-likeness (QED) is 0.844. The molecule has 0 bridgehead atoms. The van der Waals surface area contributed by atoms with Gasteiger partial charge in [-0.15, -0.1) is 0 Å². The number of carbonyl (C=O) groups is 2. The number of amides is 1. The zero-order valence-corrected chi connectivity index (χ0v) is 12.7. The van der Waals surface area contributed by atoms with Crippen molar-refractivity contribution in [3.63, 3.8) is 0 Å². The summed E-state index contributed by atoms with van der Waals surface area (Å²) < 4.78 is 1.02. The van der Waals surface area contributed by atoms with Crippen LogP contribution < -0.4 is 5.32 Å². The van der Waals surface area contributed by atoms with Gasteiger partial charge in [-0.2, -0.15) is 0 Å². The van der Waals surface area contributed by atoms with Gasteiger partial charge in [0.05, 0.1) is 0 Å². The van der Waals surface area contributed by atoms with Gasteiger partial charge >= 0.3 is 5.97 Å². The molecule has 0 radical (unpaired) electrons. The summed E-state index contributed by atoms with van der Waals surface area (Å²) in [6, 6.07) is 5.85. The van der Waals surface area contributed by atoms with Gasteiger partial charge in [-0.05, 0) is 37.0 Å². The molecule has 0 aliphatic heterocycles. The third-order valence-corrected chi connectivity index (χ3v) is 3.69. The first-order chi connectivity index (χ1) is 8.88. The van der Waals surface area contributed by atoms with E-state index in [1.54, 1.807) is 0 Å². The van der Waals surface area contributed by atoms with Gasteiger partial charge < -0.3 is 10.4 Å². The van der Waals surface area contributed by atoms with Crippen molar-refractivity contribution in [2.45, 2.75) is 39.2 Å². The van der Waals surface area contributed by atoms with E-state index in [0.717, 1.165) is 15.6 Å². The van der Waals surface area contributed by atoms with Crippen molar-refractivity contribution < 1.29 is 14.7 Å². The Morgan fingerprint density at radius 2 is 2.11 bits per heavy atom. The van der Waals surface area contributed by atoms with Crippen LogP contribution in [0.1, 0.15) is 30.9 Å². The molecule has 19 heavy (non-hydrogen) atoms. The SMILES string of the molecule is CC(=O)NC(CCC(=O)O)Cc1ccc(C)c(Br)c1. The minimum atomic E-state index is -0.847. The molecule has 0 saturated heterocycles. The second-order valence-electron chi connectivity index (χ2n) is 4.62. The van der Waals surface area contributed by atoms with Crippen LogP contribution >= 0.6 is 15.9 Å². The molecule has 1 amide bonds. The van der Waals surface area contributed by atoms with E-state index in [9.17, 15) is 9.59 Å². The maximum Gasteiger partial charge on any atom is 0.303 e. The lowest BCUT2D eigenvalue weighted by atomic mass is 10.0. The molecule has 0 aliphatic carbocycles. The van der Waals surface area contributed by atoms with Crippen LogP contribution in [0.4, 0.5) is 0 Å². The van der Waals surface area contributed by atoms with Crippen molar-refractivity contribution in [2.75, 3.05) is 0 Å². The average molecular weight is 328 g/mol. The summed E-state index contributed by atoms with van der Waals surface area (Å²) in [5, 5.41) is 11.5. The lowest BCUT2D eigenvalue weighted by Crippen LogP contribution is -2.35. The van der Waals surface area contributed by atoms with E-state index in [2.05, 4.69) is 21.2 Å². The molecular weight excluding hydrogens is 310 g/mol. The normalized spacial score (nSPS) is 11.9. The Labute approximate surface area is 121 Å². The minimum absolute atomic E-state index is 0.0535. The molecule has 5 heteroatoms. The molecule has 1 aromatic carbocycles. The molecule has 0 spiro atoms. The number of aryl methyl sites for hydroxylation is 1. The number of carboxylic acids is 1. The number of benzene rings is 1. The largest absolute Gasteiger partial charge is 0.481 e. The number of nitrogens with one attached hydrogen (secondary N) is 1. The first-order valence-corrected chi connectivity index (χ1v) is 6.91. The molecule has 2 N–H and O–H groups in total. The van der Waals surface area contributed by atoms with Crippen LogP contribution in [0.5, 0.6) is 0 Å². The predicted octanol–water partition coefficient (Wildman–Crippen LogP) is 2.67. The molecule has 4 nitrogen and oxygen atoms in total. The van der Waals surface area contributed by atoms with Crippen molar-refractivity contribution in [3.8, 4) is 0 Å². The van der Waals surface area contributed by atoms with Crippen LogP contribution in [0, 0.1) is 6.92 Å². The number of aliphatic carboxylic acids is 1. The van der Waals surface area contributed by atoms with Crippen LogP contribution in [0.25, 0.3) is 0 Å². The molecule has 1 unspecified atom stereocenters. The summed E-state index contributed by atoms with van der Waals surface area (Å²) in [4.78, 5) is 21.8. The second kappa shape index (κ2) is 7.28. The fourth-order valence-corrected chi connectivity index (χ4v) is 2.28. The zero-order chi connectivity index (χ0) is 14.4. The highest BCUT2D eigenvalue weighted by molar-refractivity contribution is 9.10. The Hall–Kier alpha value is -1.36. The summed E-state index contributed by atoms with van der Waals surface area (Å²) >= 11 is 3.47. The van der Waals surface area contributed by atoms with E-state index < -0.39 is 5.97 Å². The van der Waals surface area contributed by atoms with Gasteiger partial charge in [0, 0.05) is 23.9 Å². The summed E-state index contributed by atoms with van der Waals surface area (Å²) in [7, 11) is 0. The standard InChI is InChI=1S/C14H18BrNO3/c1-9-3-4-11(8-13(9)15)7-12(16-10(2)17)5-6-14(18)19/h3-4,8,12H,5-7H2,1-2H3,(H,16,17)(H,18,19). The molecule has 1 rings (SSSR count). The lowest BCUT2D eigenvalue weighted by molar-refractivity contribution is -0.137. The second-order valence-corrected chi connectivity index (χ2v) is 5.47. The highest BCUT2D eigenvalue weighted by atomic mass is 79.9. The fraction of sp³-hybridized carbons (Fsp3) is 0.429. The number of carbonyl (C=O) groups excluding carboxylic acids is 1. The van der Waals surface area contributed by atoms with Crippen molar-refractivity contribution in [1.82, 2.24) is 5.32 Å². The van der Waals surface area contributed by atoms with Crippen molar-refractivity contribution in [3.05, 3.63) is 33.8 Å². The monoisotopic (exact) mass is 327 g/mol. The highest BCUT2D eigenvalue weighted by Gasteiger charge is 2.13. The highest BCUT2D eigenvalue weighted by Crippen LogP contribution is 2.19. The predicted molar refractivity (Wildman–Crippen MR) is 77.1 cm³/mol. The lowest BCUT2D eigenvalue weighted by Gasteiger charge is -2.17. The van der Waals surface area contributed by atoms with Gasteiger partial charge in [0.25, 0.3) is 0 Å². The summed E-state index contributed by atoms with van der Waals surface area (Å²) in [6.07, 6.45) is 1.12. The molecule has 0 aliphatic rings. The Morgan fingerprint density at radius 3 is 2.63 bits per heavy atom. The summed E-state index contributed by atoms with van der Waals surface area (Å²) in [6.45, 7) is 3.45. The number of carboxylic acid groups (broad SMARTS) is 1. The van der Waals surface area contributed by atoms with E-state index in [-0.39, 0.29) is 18.4 Å². The Balaban J connectivity index is 2.71. The Kier molecular flexibility index (Phi) is 6.02. The Bertz CT molecular complexity index is 474. The number of halogens is 1. The van der Waals surface area contributed by atoms with E-state index in [1.165, 1.54) is 6.92 Å². The van der Waals surface area contributed by atoms with E-state index in [1.807, 2.05) is 25.1 Å². The number of hydrogen-bond donors (Lipinski definition) is 2. The van der Waals surface area contributed by atoms with Crippen molar-refractivity contribution in [1.29, 1.82) is 0 Å². The van der Waals surface area contributed by atoms with Gasteiger partial charge in [0.15, 0.2) is 0 Å². The maximum atomic E-state index is 11.1. The van der Waals surface area contributed by atoms with E-state index in [0.29, 0.717) is 12.8 Å². The van der Waals surface area contributed by atoms with Gasteiger partial charge in [0.1, 0.15) is 0 Å². The molecule has 0 fully saturated rings. The first kappa shape index (κ1) is 15.7. The summed E-state index contributed by atoms with van der Waals surface area (Å²) in [5.41, 5.74) is 2.21. The fourth-order valence-electron chi connectivity index (χ4n) is 1.86. The molecule has 104 valence electrons. The number of hydrogen-bond acceptors (Lipinski definition) is 2. The van der Waals surface area contributed by atoms with Crippen molar-refractivity contribution >= 4 is 27.8 Å². The van der Waals surface area contributed by atoms with Gasteiger partial charge in [-0.25, -0.2) is 0 Å². The van der Waals surface area contributed by atoms with Gasteiger partial charge in [-0.3, -0.25) is 9.59 Å². The van der Waals surface area contributed by atoms with Crippen LogP contribution in [0.3, 0.4) is 0 Å². The topological polar surface area (TPSA) is 66.4 Å². The van der Waals surface area contributed by atoms with E-state index >= 15 is 0 Å². The molecular formula is C14H18BrNO3. The van der Waals surface area contributed by atoms with Crippen LogP contribution in [0.15, 0.2) is 22.7 Å². The maximum absolute atomic E-state index is 11.1. The zero-order valence-electron chi connectivity index (χ0n) is 11.1. The number of rotatable bonds is 6. The molecule has 0 heterocycles. The third kappa shape index (κ3) is 5.87. The Morgan fingerprint density at radius 1 is 1.42 bits per heavy atom. The van der Waals surface area contributed by atoms with Gasteiger partial charge in [-0.1, -0.05) is 28.1 Å². The third-order valence-electron chi connectivity index (χ3n) is 2.83.